The molecule has 1 aromatic carbocycles. The van der Waals surface area contributed by atoms with Gasteiger partial charge in [-0.25, -0.2) is 0 Å². The van der Waals surface area contributed by atoms with Gasteiger partial charge in [0, 0.05) is 24.6 Å². The highest BCUT2D eigenvalue weighted by molar-refractivity contribution is 5.88. The lowest BCUT2D eigenvalue weighted by atomic mass is 10.1. The molecule has 0 atom stereocenters. The van der Waals surface area contributed by atoms with Crippen LogP contribution in [0.4, 0.5) is 11.4 Å². The number of anilines is 1. The van der Waals surface area contributed by atoms with Crippen molar-refractivity contribution in [2.75, 3.05) is 32.5 Å². The third-order valence-corrected chi connectivity index (χ3v) is 2.60. The summed E-state index contributed by atoms with van der Waals surface area (Å²) < 4.78 is 0. The molecule has 2 N–H and O–H groups in total. The molecule has 0 heterocycles. The number of nitro groups is 1. The first-order valence-electron chi connectivity index (χ1n) is 5.94. The molecule has 0 bridgehead atoms. The zero-order chi connectivity index (χ0) is 14.4. The Kier molecular flexibility index (Phi) is 5.25. The molecule has 19 heavy (non-hydrogen) atoms. The third-order valence-electron chi connectivity index (χ3n) is 2.60. The topological polar surface area (TPSA) is 99.7 Å². The number of hydrogen-bond donors (Lipinski definition) is 2. The number of nitrogens with zero attached hydrogens (tertiary/aromatic N) is 1. The molecule has 0 saturated carbocycles. The Bertz CT molecular complexity index is 474. The number of carbonyl (C=O) groups is 1. The Labute approximate surface area is 111 Å². The number of quaternary nitrogens is 1. The van der Waals surface area contributed by atoms with Gasteiger partial charge in [-0.05, 0) is 6.07 Å². The summed E-state index contributed by atoms with van der Waals surface area (Å²) in [6, 6.07) is 3.70. The van der Waals surface area contributed by atoms with E-state index in [0.717, 1.165) is 19.0 Å². The van der Waals surface area contributed by atoms with Crippen molar-refractivity contribution in [2.45, 2.75) is 6.42 Å². The highest BCUT2D eigenvalue weighted by atomic mass is 16.6. The van der Waals surface area contributed by atoms with Gasteiger partial charge >= 0.3 is 0 Å². The molecule has 0 amide bonds. The van der Waals surface area contributed by atoms with E-state index in [0.29, 0.717) is 12.2 Å². The molecular formula is C12H17N3O4. The Morgan fingerprint density at radius 3 is 2.63 bits per heavy atom. The van der Waals surface area contributed by atoms with Gasteiger partial charge in [-0.3, -0.25) is 10.1 Å². The molecule has 7 heteroatoms. The molecule has 0 saturated heterocycles. The van der Waals surface area contributed by atoms with Crippen molar-refractivity contribution in [1.29, 1.82) is 0 Å². The molecule has 0 unspecified atom stereocenters. The number of nitro benzene ring substituents is 1. The van der Waals surface area contributed by atoms with E-state index in [-0.39, 0.29) is 11.3 Å². The van der Waals surface area contributed by atoms with Crippen molar-refractivity contribution in [3.05, 3.63) is 33.9 Å². The van der Waals surface area contributed by atoms with Crippen LogP contribution in [0.25, 0.3) is 0 Å². The van der Waals surface area contributed by atoms with Gasteiger partial charge in [-0.2, -0.15) is 0 Å². The highest BCUT2D eigenvalue weighted by Crippen LogP contribution is 2.25. The first-order valence-corrected chi connectivity index (χ1v) is 5.94. The smallest absolute Gasteiger partial charge is 0.292 e. The monoisotopic (exact) mass is 267 g/mol. The normalized spacial score (nSPS) is 10.5. The summed E-state index contributed by atoms with van der Waals surface area (Å²) in [4.78, 5) is 22.2. The molecular weight excluding hydrogens is 250 g/mol. The predicted octanol–water partition coefficient (Wildman–Crippen LogP) is -1.10. The molecule has 0 aliphatic carbocycles. The van der Waals surface area contributed by atoms with Gasteiger partial charge in [0.05, 0.1) is 31.5 Å². The maximum Gasteiger partial charge on any atom is 0.292 e. The number of hydrogen-bond acceptors (Lipinski definition) is 5. The van der Waals surface area contributed by atoms with Gasteiger partial charge in [0.15, 0.2) is 0 Å². The number of benzene rings is 1. The van der Waals surface area contributed by atoms with E-state index in [1.165, 1.54) is 17.0 Å². The summed E-state index contributed by atoms with van der Waals surface area (Å²) in [6.45, 7) is 1.54. The van der Waals surface area contributed by atoms with Gasteiger partial charge in [-0.15, -0.1) is 0 Å². The average molecular weight is 267 g/mol. The molecule has 1 rings (SSSR count). The largest absolute Gasteiger partial charge is 0.545 e. The number of carboxylic acid groups (broad SMARTS) is 1. The molecule has 1 aromatic rings. The van der Waals surface area contributed by atoms with E-state index in [9.17, 15) is 20.0 Å². The minimum absolute atomic E-state index is 0.199. The molecule has 7 nitrogen and oxygen atoms in total. The Balaban J connectivity index is 2.77. The first-order chi connectivity index (χ1) is 8.91. The van der Waals surface area contributed by atoms with Crippen molar-refractivity contribution in [2.24, 2.45) is 0 Å². The highest BCUT2D eigenvalue weighted by Gasteiger charge is 2.14. The van der Waals surface area contributed by atoms with E-state index in [1.807, 2.05) is 14.1 Å². The van der Waals surface area contributed by atoms with Crippen molar-refractivity contribution in [1.82, 2.24) is 0 Å². The van der Waals surface area contributed by atoms with E-state index < -0.39 is 10.9 Å². The lowest BCUT2D eigenvalue weighted by Crippen LogP contribution is -3.05. The maximum atomic E-state index is 10.9. The number of carbonyl (C=O) groups excluding carboxylic acids is 1. The SMILES string of the molecule is C[NH+](C)CCCNc1ccc(C(=O)[O-])cc1[N+](=O)[O-]. The van der Waals surface area contributed by atoms with Crippen LogP contribution in [0.1, 0.15) is 16.8 Å². The first kappa shape index (κ1) is 14.9. The van der Waals surface area contributed by atoms with Crippen LogP contribution >= 0.6 is 0 Å². The Hall–Kier alpha value is -2.15. The van der Waals surface area contributed by atoms with Crippen LogP contribution in [0.3, 0.4) is 0 Å². The van der Waals surface area contributed by atoms with Crippen LogP contribution in [0.15, 0.2) is 18.2 Å². The predicted molar refractivity (Wildman–Crippen MR) is 68.2 cm³/mol. The molecule has 0 aromatic heterocycles. The molecule has 104 valence electrons. The van der Waals surface area contributed by atoms with Gasteiger partial charge in [0.1, 0.15) is 5.69 Å². The van der Waals surface area contributed by atoms with Crippen molar-refractivity contribution >= 4 is 17.3 Å². The minimum Gasteiger partial charge on any atom is -0.545 e. The lowest BCUT2D eigenvalue weighted by Gasteiger charge is -2.10. The summed E-state index contributed by atoms with van der Waals surface area (Å²) in [5, 5.41) is 24.5. The summed E-state index contributed by atoms with van der Waals surface area (Å²) >= 11 is 0. The summed E-state index contributed by atoms with van der Waals surface area (Å²) in [7, 11) is 4.05. The number of carboxylic acids is 1. The second kappa shape index (κ2) is 6.69. The second-order valence-electron chi connectivity index (χ2n) is 4.51. The summed E-state index contributed by atoms with van der Waals surface area (Å²) in [5.74, 6) is -1.43. The number of rotatable bonds is 7. The molecule has 0 spiro atoms. The van der Waals surface area contributed by atoms with Crippen LogP contribution in [0.5, 0.6) is 0 Å². The second-order valence-corrected chi connectivity index (χ2v) is 4.51. The quantitative estimate of drug-likeness (QED) is 0.371. The fourth-order valence-electron chi connectivity index (χ4n) is 1.62. The lowest BCUT2D eigenvalue weighted by molar-refractivity contribution is -0.858. The van der Waals surface area contributed by atoms with Crippen LogP contribution < -0.4 is 15.3 Å². The standard InChI is InChI=1S/C12H17N3O4/c1-14(2)7-3-6-13-10-5-4-9(12(16)17)8-11(10)15(18)19/h4-5,8,13H,3,6-7H2,1-2H3,(H,16,17). The van der Waals surface area contributed by atoms with Crippen molar-refractivity contribution in [3.8, 4) is 0 Å². The number of aromatic carboxylic acids is 1. The number of nitrogens with one attached hydrogen (secondary N) is 2. The molecule has 0 fully saturated rings. The van der Waals surface area contributed by atoms with Gasteiger partial charge in [0.2, 0.25) is 0 Å². The van der Waals surface area contributed by atoms with E-state index in [2.05, 4.69) is 5.32 Å². The van der Waals surface area contributed by atoms with Crippen molar-refractivity contribution in [3.63, 3.8) is 0 Å². The zero-order valence-corrected chi connectivity index (χ0v) is 10.9. The van der Waals surface area contributed by atoms with Crippen LogP contribution in [0, 0.1) is 10.1 Å². The average Bonchev–Trinajstić information content (AvgIpc) is 2.34. The van der Waals surface area contributed by atoms with Crippen LogP contribution in [-0.2, 0) is 0 Å². The van der Waals surface area contributed by atoms with Gasteiger partial charge < -0.3 is 20.1 Å². The van der Waals surface area contributed by atoms with E-state index in [1.54, 1.807) is 0 Å². The van der Waals surface area contributed by atoms with E-state index in [4.69, 9.17) is 0 Å². The fraction of sp³-hybridized carbons (Fsp3) is 0.417. The van der Waals surface area contributed by atoms with Gasteiger partial charge in [-0.1, -0.05) is 6.07 Å². The molecule has 0 aliphatic heterocycles. The fourth-order valence-corrected chi connectivity index (χ4v) is 1.62. The van der Waals surface area contributed by atoms with Crippen LogP contribution in [-0.4, -0.2) is 38.1 Å². The minimum atomic E-state index is -1.43. The maximum absolute atomic E-state index is 10.9. The molecule has 0 aliphatic rings. The Morgan fingerprint density at radius 1 is 1.42 bits per heavy atom. The van der Waals surface area contributed by atoms with Crippen LogP contribution in [0.2, 0.25) is 0 Å². The van der Waals surface area contributed by atoms with E-state index >= 15 is 0 Å². The van der Waals surface area contributed by atoms with Gasteiger partial charge in [0.25, 0.3) is 5.69 Å². The molecule has 0 radical (unpaired) electrons. The third kappa shape index (κ3) is 4.55. The summed E-state index contributed by atoms with van der Waals surface area (Å²) in [6.07, 6.45) is 0.863. The van der Waals surface area contributed by atoms with Crippen molar-refractivity contribution < 1.29 is 19.7 Å². The zero-order valence-electron chi connectivity index (χ0n) is 10.9. The Morgan fingerprint density at radius 2 is 2.11 bits per heavy atom. The summed E-state index contributed by atoms with van der Waals surface area (Å²) in [5.41, 5.74) is -0.127.